The monoisotopic (exact) mass is 348 g/mol. The Morgan fingerprint density at radius 3 is 2.40 bits per heavy atom. The normalized spacial score (nSPS) is 22.6. The van der Waals surface area contributed by atoms with E-state index in [1.807, 2.05) is 0 Å². The molecule has 2 fully saturated rings. The highest BCUT2D eigenvalue weighted by molar-refractivity contribution is 6.08. The smallest absolute Gasteiger partial charge is 0.270 e. The van der Waals surface area contributed by atoms with Crippen molar-refractivity contribution in [2.45, 2.75) is 58.4 Å². The van der Waals surface area contributed by atoms with Crippen molar-refractivity contribution in [3.8, 4) is 0 Å². The van der Waals surface area contributed by atoms with Crippen LogP contribution in [0.4, 0.5) is 0 Å². The van der Waals surface area contributed by atoms with Crippen LogP contribution in [-0.4, -0.2) is 53.9 Å². The lowest BCUT2D eigenvalue weighted by atomic mass is 9.90. The molecule has 7 heteroatoms. The summed E-state index contributed by atoms with van der Waals surface area (Å²) in [6.07, 6.45) is 4.95. The van der Waals surface area contributed by atoms with Gasteiger partial charge in [0.1, 0.15) is 5.70 Å². The van der Waals surface area contributed by atoms with Crippen molar-refractivity contribution in [1.29, 1.82) is 0 Å². The Hall–Kier alpha value is -2.18. The Morgan fingerprint density at radius 1 is 1.16 bits per heavy atom. The zero-order chi connectivity index (χ0) is 18.4. The summed E-state index contributed by atoms with van der Waals surface area (Å²) in [7, 11) is 0. The number of aliphatic imine (C=N–C) groups is 1. The zero-order valence-electron chi connectivity index (χ0n) is 15.1. The Labute approximate surface area is 148 Å². The Bertz CT molecular complexity index is 601. The molecule has 1 saturated heterocycles. The fourth-order valence-electron chi connectivity index (χ4n) is 3.37. The maximum atomic E-state index is 12.7. The quantitative estimate of drug-likeness (QED) is 0.737. The molecular weight excluding hydrogens is 320 g/mol. The molecule has 138 valence electrons. The number of carbonyl (C=O) groups is 3. The van der Waals surface area contributed by atoms with Gasteiger partial charge in [-0.3, -0.25) is 19.4 Å². The number of allylic oxidation sites excluding steroid dienone is 1. The molecule has 1 heterocycles. The van der Waals surface area contributed by atoms with Gasteiger partial charge in [0, 0.05) is 37.3 Å². The summed E-state index contributed by atoms with van der Waals surface area (Å²) >= 11 is 0. The molecule has 7 nitrogen and oxygen atoms in total. The van der Waals surface area contributed by atoms with Crippen LogP contribution in [0, 0.1) is 0 Å². The zero-order valence-corrected chi connectivity index (χ0v) is 15.1. The van der Waals surface area contributed by atoms with Gasteiger partial charge in [0.25, 0.3) is 5.91 Å². The first-order valence-corrected chi connectivity index (χ1v) is 8.96. The van der Waals surface area contributed by atoms with Crippen molar-refractivity contribution < 1.29 is 14.4 Å². The van der Waals surface area contributed by atoms with E-state index in [9.17, 15) is 14.4 Å². The number of nitrogens with one attached hydrogen (secondary N) is 1. The number of hydrogen-bond donors (Lipinski definition) is 2. The van der Waals surface area contributed by atoms with E-state index in [4.69, 9.17) is 5.73 Å². The minimum absolute atomic E-state index is 0.00219. The van der Waals surface area contributed by atoms with E-state index in [-0.39, 0.29) is 35.9 Å². The molecule has 1 saturated carbocycles. The summed E-state index contributed by atoms with van der Waals surface area (Å²) in [6.45, 7) is 4.31. The highest BCUT2D eigenvalue weighted by Crippen LogP contribution is 2.24. The molecule has 0 unspecified atom stereocenters. The molecule has 1 aliphatic carbocycles. The van der Waals surface area contributed by atoms with Crippen LogP contribution in [0.3, 0.4) is 0 Å². The molecule has 2 rings (SSSR count). The minimum Gasteiger partial charge on any atom is -0.394 e. The van der Waals surface area contributed by atoms with Gasteiger partial charge in [0.05, 0.1) is 6.54 Å². The molecule has 0 bridgehead atoms. The molecule has 0 aromatic rings. The standard InChI is InChI=1S/C18H28N4O3/c1-12(23)11-20-16-6-4-3-5-15(16)17(19)18(25)22-9-7-14(8-10-22)21-13(2)24/h14H,3-11,19H2,1-2H3,(H,21,24)/b17-15-,20-16?. The van der Waals surface area contributed by atoms with E-state index in [1.54, 1.807) is 4.90 Å². The average Bonchev–Trinajstić information content (AvgIpc) is 2.59. The van der Waals surface area contributed by atoms with E-state index in [1.165, 1.54) is 13.8 Å². The third-order valence-corrected chi connectivity index (χ3v) is 4.68. The fourth-order valence-corrected chi connectivity index (χ4v) is 3.37. The number of hydrogen-bond acceptors (Lipinski definition) is 5. The molecule has 0 radical (unpaired) electrons. The highest BCUT2D eigenvalue weighted by atomic mass is 16.2. The molecule has 25 heavy (non-hydrogen) atoms. The number of amides is 2. The van der Waals surface area contributed by atoms with Crippen LogP contribution >= 0.6 is 0 Å². The van der Waals surface area contributed by atoms with E-state index in [0.717, 1.165) is 49.8 Å². The topological polar surface area (TPSA) is 105 Å². The maximum absolute atomic E-state index is 12.7. The van der Waals surface area contributed by atoms with Crippen LogP contribution in [0.25, 0.3) is 0 Å². The van der Waals surface area contributed by atoms with Gasteiger partial charge in [-0.25, -0.2) is 0 Å². The lowest BCUT2D eigenvalue weighted by Crippen LogP contribution is -2.47. The number of likely N-dealkylation sites (tertiary alicyclic amines) is 1. The first kappa shape index (κ1) is 19.1. The van der Waals surface area contributed by atoms with Gasteiger partial charge in [-0.2, -0.15) is 0 Å². The van der Waals surface area contributed by atoms with Crippen molar-refractivity contribution in [3.63, 3.8) is 0 Å². The summed E-state index contributed by atoms with van der Waals surface area (Å²) < 4.78 is 0. The molecule has 1 aliphatic heterocycles. The molecule has 2 aliphatic rings. The summed E-state index contributed by atoms with van der Waals surface area (Å²) in [6, 6.07) is 0.123. The number of carbonyl (C=O) groups excluding carboxylic acids is 3. The van der Waals surface area contributed by atoms with Crippen LogP contribution in [0.5, 0.6) is 0 Å². The van der Waals surface area contributed by atoms with Crippen molar-refractivity contribution in [1.82, 2.24) is 10.2 Å². The minimum atomic E-state index is -0.159. The van der Waals surface area contributed by atoms with Gasteiger partial charge in [0.15, 0.2) is 5.78 Å². The summed E-state index contributed by atoms with van der Waals surface area (Å²) in [5.41, 5.74) is 8.06. The van der Waals surface area contributed by atoms with Crippen LogP contribution in [0.1, 0.15) is 52.4 Å². The van der Waals surface area contributed by atoms with E-state index >= 15 is 0 Å². The molecule has 0 atom stereocenters. The third-order valence-electron chi connectivity index (χ3n) is 4.68. The molecule has 2 amide bonds. The highest BCUT2D eigenvalue weighted by Gasteiger charge is 2.27. The van der Waals surface area contributed by atoms with E-state index in [0.29, 0.717) is 13.1 Å². The summed E-state index contributed by atoms with van der Waals surface area (Å²) in [5.74, 6) is -0.198. The van der Waals surface area contributed by atoms with Crippen molar-refractivity contribution in [3.05, 3.63) is 11.3 Å². The second kappa shape index (κ2) is 8.78. The predicted molar refractivity (Wildman–Crippen MR) is 96.1 cm³/mol. The van der Waals surface area contributed by atoms with Gasteiger partial charge in [-0.1, -0.05) is 0 Å². The lowest BCUT2D eigenvalue weighted by Gasteiger charge is -2.33. The van der Waals surface area contributed by atoms with Gasteiger partial charge in [-0.05, 0) is 45.4 Å². The Balaban J connectivity index is 2.06. The number of nitrogens with two attached hydrogens (primary N) is 1. The summed E-state index contributed by atoms with van der Waals surface area (Å²) in [5, 5.41) is 2.90. The van der Waals surface area contributed by atoms with Gasteiger partial charge in [0.2, 0.25) is 5.91 Å². The molecule has 0 aromatic heterocycles. The number of rotatable bonds is 4. The van der Waals surface area contributed by atoms with Crippen LogP contribution in [0.2, 0.25) is 0 Å². The number of nitrogens with zero attached hydrogens (tertiary/aromatic N) is 2. The average molecular weight is 348 g/mol. The first-order chi connectivity index (χ1) is 11.9. The number of piperidine rings is 1. The van der Waals surface area contributed by atoms with E-state index in [2.05, 4.69) is 10.3 Å². The maximum Gasteiger partial charge on any atom is 0.270 e. The molecule has 0 spiro atoms. The summed E-state index contributed by atoms with van der Waals surface area (Å²) in [4.78, 5) is 41.2. The van der Waals surface area contributed by atoms with Crippen molar-refractivity contribution in [2.75, 3.05) is 19.6 Å². The number of Topliss-reactive ketones (excluding diaryl/α,β-unsaturated/α-hetero) is 1. The predicted octanol–water partition coefficient (Wildman–Crippen LogP) is 0.930. The van der Waals surface area contributed by atoms with Gasteiger partial charge in [-0.15, -0.1) is 0 Å². The first-order valence-electron chi connectivity index (χ1n) is 8.96. The largest absolute Gasteiger partial charge is 0.394 e. The number of ketones is 1. The van der Waals surface area contributed by atoms with Crippen LogP contribution in [-0.2, 0) is 14.4 Å². The second-order valence-electron chi connectivity index (χ2n) is 6.83. The van der Waals surface area contributed by atoms with Crippen LogP contribution in [0.15, 0.2) is 16.3 Å². The van der Waals surface area contributed by atoms with Crippen molar-refractivity contribution in [2.24, 2.45) is 10.7 Å². The second-order valence-corrected chi connectivity index (χ2v) is 6.83. The van der Waals surface area contributed by atoms with Gasteiger partial charge >= 0.3 is 0 Å². The van der Waals surface area contributed by atoms with Gasteiger partial charge < -0.3 is 16.0 Å². The Morgan fingerprint density at radius 2 is 1.80 bits per heavy atom. The lowest BCUT2D eigenvalue weighted by molar-refractivity contribution is -0.128. The molecule has 0 aromatic carbocycles. The SMILES string of the molecule is CC(=O)CN=C1CCCC/C1=C(/N)C(=O)N1CCC(NC(C)=O)CC1. The van der Waals surface area contributed by atoms with Crippen LogP contribution < -0.4 is 11.1 Å². The fraction of sp³-hybridized carbons (Fsp3) is 0.667. The van der Waals surface area contributed by atoms with Crippen molar-refractivity contribution >= 4 is 23.3 Å². The van der Waals surface area contributed by atoms with E-state index < -0.39 is 0 Å². The third kappa shape index (κ3) is 5.41. The molecular formula is C18H28N4O3. The Kier molecular flexibility index (Phi) is 6.73. The molecule has 3 N–H and O–H groups in total.